The lowest BCUT2D eigenvalue weighted by Gasteiger charge is -2.33. The van der Waals surface area contributed by atoms with E-state index in [0.717, 1.165) is 60.2 Å². The highest BCUT2D eigenvalue weighted by Gasteiger charge is 2.54. The number of amides is 4. The lowest BCUT2D eigenvalue weighted by molar-refractivity contribution is -0.125. The molecule has 2 aromatic rings. The molecule has 2 aliphatic heterocycles. The van der Waals surface area contributed by atoms with Gasteiger partial charge in [0.25, 0.3) is 5.91 Å². The molecule has 1 unspecified atom stereocenters. The number of hydrogen-bond donors (Lipinski definition) is 2. The first-order valence-corrected chi connectivity index (χ1v) is 12.7. The van der Waals surface area contributed by atoms with E-state index in [1.807, 2.05) is 26.8 Å². The molecular formula is C27H35N5O4. The molecule has 9 nitrogen and oxygen atoms in total. The molecular weight excluding hydrogens is 458 g/mol. The minimum absolute atomic E-state index is 0.218. The van der Waals surface area contributed by atoms with Crippen molar-refractivity contribution in [3.63, 3.8) is 0 Å². The third kappa shape index (κ3) is 4.64. The fourth-order valence-electron chi connectivity index (χ4n) is 5.52. The number of likely N-dealkylation sites (N-methyl/N-ethyl adjacent to an activating group) is 1. The quantitative estimate of drug-likeness (QED) is 0.635. The van der Waals surface area contributed by atoms with Gasteiger partial charge in [-0.3, -0.25) is 15.1 Å². The first-order valence-electron chi connectivity index (χ1n) is 12.7. The second kappa shape index (κ2) is 9.03. The van der Waals surface area contributed by atoms with Crippen LogP contribution in [0.3, 0.4) is 0 Å². The molecule has 1 aromatic carbocycles. The third-order valence-electron chi connectivity index (χ3n) is 7.63. The van der Waals surface area contributed by atoms with Crippen LogP contribution in [0.15, 0.2) is 24.3 Å². The van der Waals surface area contributed by atoms with Gasteiger partial charge in [-0.05, 0) is 75.4 Å². The summed E-state index contributed by atoms with van der Waals surface area (Å²) in [5, 5.41) is 7.02. The van der Waals surface area contributed by atoms with E-state index in [-0.39, 0.29) is 18.0 Å². The number of pyridine rings is 1. The normalized spacial score (nSPS) is 22.4. The lowest BCUT2D eigenvalue weighted by Crippen LogP contribution is -2.48. The third-order valence-corrected chi connectivity index (χ3v) is 7.63. The Hall–Kier alpha value is -3.20. The molecule has 0 radical (unpaired) electrons. The molecule has 3 heterocycles. The molecule has 36 heavy (non-hydrogen) atoms. The van der Waals surface area contributed by atoms with Gasteiger partial charge in [-0.25, -0.2) is 9.59 Å². The molecule has 5 rings (SSSR count). The summed E-state index contributed by atoms with van der Waals surface area (Å²) in [6.07, 6.45) is 2.73. The predicted octanol–water partition coefficient (Wildman–Crippen LogP) is 2.99. The van der Waals surface area contributed by atoms with Gasteiger partial charge in [0.2, 0.25) is 0 Å². The molecule has 0 bridgehead atoms. The van der Waals surface area contributed by atoms with E-state index in [1.165, 1.54) is 0 Å². The van der Waals surface area contributed by atoms with Crippen LogP contribution in [0.4, 0.5) is 9.59 Å². The maximum Gasteiger partial charge on any atom is 0.410 e. The lowest BCUT2D eigenvalue weighted by atomic mass is 9.95. The molecule has 9 heteroatoms. The van der Waals surface area contributed by atoms with Crippen molar-refractivity contribution in [3.8, 4) is 0 Å². The van der Waals surface area contributed by atoms with E-state index in [4.69, 9.17) is 9.72 Å². The van der Waals surface area contributed by atoms with Crippen molar-refractivity contribution in [2.75, 3.05) is 26.7 Å². The fourth-order valence-corrected chi connectivity index (χ4v) is 5.52. The first-order chi connectivity index (χ1) is 17.0. The van der Waals surface area contributed by atoms with Gasteiger partial charge in [-0.2, -0.15) is 0 Å². The minimum Gasteiger partial charge on any atom is -0.444 e. The Labute approximate surface area is 211 Å². The summed E-state index contributed by atoms with van der Waals surface area (Å²) in [5.74, 6) is 0.297. The van der Waals surface area contributed by atoms with Crippen LogP contribution in [-0.4, -0.2) is 70.6 Å². The van der Waals surface area contributed by atoms with Crippen molar-refractivity contribution in [2.45, 2.75) is 64.1 Å². The maximum atomic E-state index is 12.6. The number of imide groups is 1. The van der Waals surface area contributed by atoms with Gasteiger partial charge < -0.3 is 19.9 Å². The Morgan fingerprint density at radius 1 is 1.17 bits per heavy atom. The Morgan fingerprint density at radius 3 is 2.50 bits per heavy atom. The number of benzene rings is 1. The Kier molecular flexibility index (Phi) is 6.14. The summed E-state index contributed by atoms with van der Waals surface area (Å²) in [6.45, 7) is 8.66. The van der Waals surface area contributed by atoms with Crippen molar-refractivity contribution in [1.82, 2.24) is 25.4 Å². The van der Waals surface area contributed by atoms with Crippen LogP contribution in [-0.2, 0) is 28.9 Å². The van der Waals surface area contributed by atoms with E-state index >= 15 is 0 Å². The number of carbonyl (C=O) groups excluding carboxylic acids is 3. The summed E-state index contributed by atoms with van der Waals surface area (Å²) in [7, 11) is 1.69. The average molecular weight is 494 g/mol. The smallest absolute Gasteiger partial charge is 0.410 e. The summed E-state index contributed by atoms with van der Waals surface area (Å²) in [5.41, 5.74) is 2.76. The van der Waals surface area contributed by atoms with E-state index < -0.39 is 11.1 Å². The average Bonchev–Trinajstić information content (AvgIpc) is 3.29. The van der Waals surface area contributed by atoms with Crippen LogP contribution in [0.2, 0.25) is 0 Å². The van der Waals surface area contributed by atoms with Crippen LogP contribution in [0.25, 0.3) is 10.9 Å². The number of likely N-dealkylation sites (tertiary alicyclic amines) is 1. The highest BCUT2D eigenvalue weighted by Crippen LogP contribution is 2.38. The zero-order chi connectivity index (χ0) is 25.7. The highest BCUT2D eigenvalue weighted by atomic mass is 16.6. The molecule has 3 aliphatic rings. The summed E-state index contributed by atoms with van der Waals surface area (Å²) < 4.78 is 5.48. The van der Waals surface area contributed by atoms with Gasteiger partial charge in [-0.1, -0.05) is 6.07 Å². The predicted molar refractivity (Wildman–Crippen MR) is 135 cm³/mol. The molecule has 2 fully saturated rings. The standard InChI is InChI=1S/C27H35N5O4/c1-26(2,3)36-25(35)32-9-7-17(8-10-32)15-28-16-21-6-5-18-11-19-13-27(14-20(19)12-22(18)29-21)23(33)30-24(34)31(27)4/h5-6,11-12,17,28H,7-10,13-16H2,1-4H3,(H,30,33,34). The molecule has 2 N–H and O–H groups in total. The van der Waals surface area contributed by atoms with E-state index in [0.29, 0.717) is 25.3 Å². The fraction of sp³-hybridized carbons (Fsp3) is 0.556. The largest absolute Gasteiger partial charge is 0.444 e. The van der Waals surface area contributed by atoms with Gasteiger partial charge in [0.1, 0.15) is 11.1 Å². The Morgan fingerprint density at radius 2 is 1.86 bits per heavy atom. The van der Waals surface area contributed by atoms with Crippen molar-refractivity contribution in [2.24, 2.45) is 5.92 Å². The summed E-state index contributed by atoms with van der Waals surface area (Å²) in [4.78, 5) is 45.1. The number of nitrogens with zero attached hydrogens (tertiary/aromatic N) is 3. The van der Waals surface area contributed by atoms with Crippen LogP contribution in [0, 0.1) is 5.92 Å². The number of aromatic nitrogens is 1. The molecule has 0 saturated carbocycles. The molecule has 192 valence electrons. The maximum absolute atomic E-state index is 12.6. The van der Waals surface area contributed by atoms with Crippen LogP contribution in [0.1, 0.15) is 50.4 Å². The zero-order valence-corrected chi connectivity index (χ0v) is 21.5. The van der Waals surface area contributed by atoms with Crippen LogP contribution < -0.4 is 10.6 Å². The molecule has 1 spiro atoms. The molecule has 2 saturated heterocycles. The van der Waals surface area contributed by atoms with Crippen molar-refractivity contribution in [1.29, 1.82) is 0 Å². The number of rotatable bonds is 4. The van der Waals surface area contributed by atoms with Gasteiger partial charge >= 0.3 is 12.1 Å². The number of nitrogens with one attached hydrogen (secondary N) is 2. The highest BCUT2D eigenvalue weighted by molar-refractivity contribution is 6.07. The first kappa shape index (κ1) is 24.5. The number of fused-ring (bicyclic) bond motifs is 2. The second-order valence-electron chi connectivity index (χ2n) is 11.4. The SMILES string of the molecule is CN1C(=O)NC(=O)C12Cc1cc3ccc(CNCC4CCN(C(=O)OC(C)(C)C)CC4)nc3cc1C2. The molecule has 1 atom stereocenters. The monoisotopic (exact) mass is 493 g/mol. The van der Waals surface area contributed by atoms with Gasteiger partial charge in [0, 0.05) is 44.9 Å². The van der Waals surface area contributed by atoms with Gasteiger partial charge in [0.05, 0.1) is 11.2 Å². The number of urea groups is 1. The van der Waals surface area contributed by atoms with Gasteiger partial charge in [-0.15, -0.1) is 0 Å². The van der Waals surface area contributed by atoms with Gasteiger partial charge in [0.15, 0.2) is 0 Å². The van der Waals surface area contributed by atoms with Crippen molar-refractivity contribution < 1.29 is 19.1 Å². The van der Waals surface area contributed by atoms with E-state index in [2.05, 4.69) is 28.8 Å². The molecule has 4 amide bonds. The number of carbonyl (C=O) groups is 3. The van der Waals surface area contributed by atoms with Crippen molar-refractivity contribution >= 4 is 28.9 Å². The number of hydrogen-bond acceptors (Lipinski definition) is 6. The Balaban J connectivity index is 1.16. The van der Waals surface area contributed by atoms with E-state index in [9.17, 15) is 14.4 Å². The number of ether oxygens (including phenoxy) is 1. The van der Waals surface area contributed by atoms with Crippen molar-refractivity contribution in [3.05, 3.63) is 41.1 Å². The topological polar surface area (TPSA) is 104 Å². The zero-order valence-electron chi connectivity index (χ0n) is 21.5. The molecule has 1 aromatic heterocycles. The summed E-state index contributed by atoms with van der Waals surface area (Å²) in [6, 6.07) is 7.95. The molecule has 1 aliphatic carbocycles. The minimum atomic E-state index is -0.819. The van der Waals surface area contributed by atoms with E-state index in [1.54, 1.807) is 16.8 Å². The summed E-state index contributed by atoms with van der Waals surface area (Å²) >= 11 is 0. The number of piperidine rings is 1. The second-order valence-corrected chi connectivity index (χ2v) is 11.4. The van der Waals surface area contributed by atoms with Crippen LogP contribution >= 0.6 is 0 Å². The van der Waals surface area contributed by atoms with Crippen LogP contribution in [0.5, 0.6) is 0 Å². The Bertz CT molecular complexity index is 1210.